The monoisotopic (exact) mass is 307 g/mol. The van der Waals surface area contributed by atoms with Crippen LogP contribution < -0.4 is 0 Å². The highest BCUT2D eigenvalue weighted by Gasteiger charge is 2.24. The van der Waals surface area contributed by atoms with Crippen molar-refractivity contribution in [1.82, 2.24) is 24.4 Å². The summed E-state index contributed by atoms with van der Waals surface area (Å²) in [4.78, 5) is 16.2. The first kappa shape index (κ1) is 14.3. The van der Waals surface area contributed by atoms with Crippen molar-refractivity contribution in [1.29, 1.82) is 0 Å². The lowest BCUT2D eigenvalue weighted by molar-refractivity contribution is 0.340. The van der Waals surface area contributed by atoms with Gasteiger partial charge in [-0.1, -0.05) is 6.92 Å². The molecule has 0 spiro atoms. The predicted molar refractivity (Wildman–Crippen MR) is 90.6 cm³/mol. The van der Waals surface area contributed by atoms with E-state index >= 15 is 0 Å². The van der Waals surface area contributed by atoms with E-state index in [1.807, 2.05) is 30.6 Å². The Kier molecular flexibility index (Phi) is 3.79. The highest BCUT2D eigenvalue weighted by Crippen LogP contribution is 2.25. The van der Waals surface area contributed by atoms with Crippen molar-refractivity contribution < 1.29 is 0 Å². The average Bonchev–Trinajstić information content (AvgIpc) is 3.19. The van der Waals surface area contributed by atoms with Gasteiger partial charge >= 0.3 is 0 Å². The lowest BCUT2D eigenvalue weighted by Crippen LogP contribution is -2.20. The molecule has 1 saturated heterocycles. The number of pyridine rings is 2. The van der Waals surface area contributed by atoms with Crippen LogP contribution in [0.25, 0.3) is 16.9 Å². The summed E-state index contributed by atoms with van der Waals surface area (Å²) >= 11 is 0. The predicted octanol–water partition coefficient (Wildman–Crippen LogP) is 2.70. The van der Waals surface area contributed by atoms with Crippen LogP contribution >= 0.6 is 0 Å². The number of aromatic nitrogens is 4. The van der Waals surface area contributed by atoms with Crippen LogP contribution in [0.15, 0.2) is 42.9 Å². The first-order valence-electron chi connectivity index (χ1n) is 8.30. The normalized spacial score (nSPS) is 18.7. The van der Waals surface area contributed by atoms with Crippen molar-refractivity contribution in [3.8, 4) is 5.69 Å². The number of likely N-dealkylation sites (tertiary alicyclic amines) is 1. The molecule has 0 saturated carbocycles. The van der Waals surface area contributed by atoms with Crippen LogP contribution in [0, 0.1) is 5.92 Å². The first-order valence-corrected chi connectivity index (χ1v) is 8.30. The van der Waals surface area contributed by atoms with Crippen LogP contribution in [0.3, 0.4) is 0 Å². The van der Waals surface area contributed by atoms with Gasteiger partial charge in [0.25, 0.3) is 0 Å². The van der Waals surface area contributed by atoms with Gasteiger partial charge in [0.2, 0.25) is 0 Å². The highest BCUT2D eigenvalue weighted by molar-refractivity contribution is 5.73. The molecule has 118 valence electrons. The fourth-order valence-corrected chi connectivity index (χ4v) is 3.48. The van der Waals surface area contributed by atoms with Gasteiger partial charge < -0.3 is 4.90 Å². The minimum atomic E-state index is 0.669. The zero-order chi connectivity index (χ0) is 15.6. The Morgan fingerprint density at radius 2 is 2.13 bits per heavy atom. The molecule has 0 aliphatic carbocycles. The number of fused-ring (bicyclic) bond motifs is 1. The Labute approximate surface area is 136 Å². The Balaban J connectivity index is 1.74. The SMILES string of the molecule is CCN1CCC(Cc2nc3cccnc3n2-c2cccnc2)C1. The Hall–Kier alpha value is -2.27. The van der Waals surface area contributed by atoms with Gasteiger partial charge in [-0.25, -0.2) is 9.97 Å². The number of rotatable bonds is 4. The van der Waals surface area contributed by atoms with Gasteiger partial charge in [-0.15, -0.1) is 0 Å². The molecule has 1 aliphatic heterocycles. The van der Waals surface area contributed by atoms with E-state index < -0.39 is 0 Å². The minimum absolute atomic E-state index is 0.669. The van der Waals surface area contributed by atoms with Crippen LogP contribution in [0.2, 0.25) is 0 Å². The smallest absolute Gasteiger partial charge is 0.164 e. The zero-order valence-corrected chi connectivity index (χ0v) is 13.4. The van der Waals surface area contributed by atoms with Gasteiger partial charge in [0.05, 0.1) is 11.9 Å². The molecule has 1 aliphatic rings. The van der Waals surface area contributed by atoms with Crippen LogP contribution in [-0.4, -0.2) is 44.1 Å². The van der Waals surface area contributed by atoms with E-state index in [4.69, 9.17) is 4.98 Å². The fourth-order valence-electron chi connectivity index (χ4n) is 3.48. The maximum absolute atomic E-state index is 4.86. The lowest BCUT2D eigenvalue weighted by Gasteiger charge is -2.14. The van der Waals surface area contributed by atoms with E-state index in [-0.39, 0.29) is 0 Å². The summed E-state index contributed by atoms with van der Waals surface area (Å²) in [6, 6.07) is 8.01. The van der Waals surface area contributed by atoms with Crippen LogP contribution in [0.4, 0.5) is 0 Å². The number of imidazole rings is 1. The number of nitrogens with zero attached hydrogens (tertiary/aromatic N) is 5. The fraction of sp³-hybridized carbons (Fsp3) is 0.389. The number of hydrogen-bond donors (Lipinski definition) is 0. The van der Waals surface area contributed by atoms with Crippen molar-refractivity contribution in [3.63, 3.8) is 0 Å². The van der Waals surface area contributed by atoms with Gasteiger partial charge in [-0.3, -0.25) is 9.55 Å². The molecule has 0 amide bonds. The Bertz CT molecular complexity index is 796. The molecular formula is C18H21N5. The van der Waals surface area contributed by atoms with Crippen LogP contribution in [0.5, 0.6) is 0 Å². The molecule has 0 aromatic carbocycles. The second-order valence-electron chi connectivity index (χ2n) is 6.17. The van der Waals surface area contributed by atoms with E-state index in [0.717, 1.165) is 35.6 Å². The van der Waals surface area contributed by atoms with Gasteiger partial charge in [0.1, 0.15) is 11.3 Å². The quantitative estimate of drug-likeness (QED) is 0.743. The zero-order valence-electron chi connectivity index (χ0n) is 13.4. The van der Waals surface area contributed by atoms with Crippen molar-refractivity contribution in [3.05, 3.63) is 48.7 Å². The molecule has 1 fully saturated rings. The van der Waals surface area contributed by atoms with Crippen molar-refractivity contribution in [2.75, 3.05) is 19.6 Å². The molecule has 0 bridgehead atoms. The molecule has 5 heteroatoms. The second-order valence-corrected chi connectivity index (χ2v) is 6.17. The van der Waals surface area contributed by atoms with Crippen molar-refractivity contribution >= 4 is 11.2 Å². The molecule has 1 unspecified atom stereocenters. The average molecular weight is 307 g/mol. The van der Waals surface area contributed by atoms with E-state index in [1.54, 1.807) is 6.20 Å². The summed E-state index contributed by atoms with van der Waals surface area (Å²) in [6.07, 6.45) is 7.74. The molecule has 5 nitrogen and oxygen atoms in total. The van der Waals surface area contributed by atoms with Crippen molar-refractivity contribution in [2.24, 2.45) is 5.92 Å². The van der Waals surface area contributed by atoms with Crippen molar-refractivity contribution in [2.45, 2.75) is 19.8 Å². The standard InChI is InChI=1S/C18H21N5/c1-2-22-10-7-14(13-22)11-17-21-16-6-4-9-20-18(16)23(17)15-5-3-8-19-12-15/h3-6,8-9,12,14H,2,7,10-11,13H2,1H3. The first-order chi connectivity index (χ1) is 11.3. The van der Waals surface area contributed by atoms with Gasteiger partial charge in [-0.05, 0) is 49.7 Å². The summed E-state index contributed by atoms with van der Waals surface area (Å²) in [5, 5.41) is 0. The van der Waals surface area contributed by atoms with E-state index in [9.17, 15) is 0 Å². The maximum atomic E-state index is 4.86. The summed E-state index contributed by atoms with van der Waals surface area (Å²) in [5.41, 5.74) is 2.91. The van der Waals surface area contributed by atoms with E-state index in [1.165, 1.54) is 19.5 Å². The van der Waals surface area contributed by atoms with E-state index in [0.29, 0.717) is 5.92 Å². The Morgan fingerprint density at radius 3 is 2.91 bits per heavy atom. The third-order valence-electron chi connectivity index (χ3n) is 4.68. The summed E-state index contributed by atoms with van der Waals surface area (Å²) < 4.78 is 2.16. The molecule has 23 heavy (non-hydrogen) atoms. The minimum Gasteiger partial charge on any atom is -0.303 e. The summed E-state index contributed by atoms with van der Waals surface area (Å²) in [7, 11) is 0. The molecule has 4 rings (SSSR count). The molecule has 0 N–H and O–H groups in total. The van der Waals surface area contributed by atoms with Crippen LogP contribution in [-0.2, 0) is 6.42 Å². The molecule has 3 aromatic heterocycles. The van der Waals surface area contributed by atoms with Gasteiger partial charge in [0.15, 0.2) is 5.65 Å². The largest absolute Gasteiger partial charge is 0.303 e. The Morgan fingerprint density at radius 1 is 1.22 bits per heavy atom. The third-order valence-corrected chi connectivity index (χ3v) is 4.68. The van der Waals surface area contributed by atoms with Gasteiger partial charge in [0, 0.05) is 25.4 Å². The lowest BCUT2D eigenvalue weighted by atomic mass is 10.0. The molecule has 1 atom stereocenters. The number of hydrogen-bond acceptors (Lipinski definition) is 4. The topological polar surface area (TPSA) is 46.8 Å². The van der Waals surface area contributed by atoms with Crippen LogP contribution in [0.1, 0.15) is 19.2 Å². The molecular weight excluding hydrogens is 286 g/mol. The maximum Gasteiger partial charge on any atom is 0.164 e. The van der Waals surface area contributed by atoms with Gasteiger partial charge in [-0.2, -0.15) is 0 Å². The third kappa shape index (κ3) is 2.72. The molecule has 0 radical (unpaired) electrons. The highest BCUT2D eigenvalue weighted by atomic mass is 15.2. The summed E-state index contributed by atoms with van der Waals surface area (Å²) in [5.74, 6) is 1.76. The second kappa shape index (κ2) is 6.08. The molecule has 3 aromatic rings. The molecule has 4 heterocycles. The summed E-state index contributed by atoms with van der Waals surface area (Å²) in [6.45, 7) is 5.74. The van der Waals surface area contributed by atoms with E-state index in [2.05, 4.69) is 32.4 Å².